The highest BCUT2D eigenvalue weighted by Crippen LogP contribution is 2.28. The summed E-state index contributed by atoms with van der Waals surface area (Å²) in [5, 5.41) is 3.76. The van der Waals surface area contributed by atoms with Crippen LogP contribution in [0.4, 0.5) is 11.4 Å². The predicted molar refractivity (Wildman–Crippen MR) is 64.8 cm³/mol. The Balaban J connectivity index is 2.34. The van der Waals surface area contributed by atoms with Gasteiger partial charge in [0.2, 0.25) is 5.91 Å². The van der Waals surface area contributed by atoms with Crippen LogP contribution in [-0.2, 0) is 4.79 Å². The van der Waals surface area contributed by atoms with E-state index < -0.39 is 0 Å². The van der Waals surface area contributed by atoms with Crippen molar-refractivity contribution >= 4 is 17.3 Å². The number of nitrogens with two attached hydrogens (primary N) is 1. The van der Waals surface area contributed by atoms with Gasteiger partial charge in [0, 0.05) is 19.0 Å². The van der Waals surface area contributed by atoms with E-state index in [2.05, 4.69) is 0 Å². The quantitative estimate of drug-likeness (QED) is 0.769. The molecule has 4 nitrogen and oxygen atoms in total. The standard InChI is InChI=1S/C12H17N3O/c1-9(2)15-12(16)7-8-14(15)11-6-4-3-5-10(11)13/h3-6,9H,7-8,13H2,1-2H3. The third kappa shape index (κ3) is 1.71. The van der Waals surface area contributed by atoms with Crippen LogP contribution in [0.1, 0.15) is 20.3 Å². The summed E-state index contributed by atoms with van der Waals surface area (Å²) in [5.41, 5.74) is 7.56. The summed E-state index contributed by atoms with van der Waals surface area (Å²) >= 11 is 0. The Hall–Kier alpha value is -1.71. The van der Waals surface area contributed by atoms with E-state index in [0.29, 0.717) is 18.7 Å². The van der Waals surface area contributed by atoms with Crippen molar-refractivity contribution in [1.29, 1.82) is 0 Å². The summed E-state index contributed by atoms with van der Waals surface area (Å²) in [6, 6.07) is 7.80. The van der Waals surface area contributed by atoms with Crippen LogP contribution in [0.15, 0.2) is 24.3 Å². The van der Waals surface area contributed by atoms with Gasteiger partial charge in [-0.2, -0.15) is 0 Å². The minimum absolute atomic E-state index is 0.162. The van der Waals surface area contributed by atoms with Gasteiger partial charge in [-0.05, 0) is 26.0 Å². The fourth-order valence-corrected chi connectivity index (χ4v) is 2.08. The average Bonchev–Trinajstić information content (AvgIpc) is 2.61. The van der Waals surface area contributed by atoms with Gasteiger partial charge in [-0.3, -0.25) is 14.8 Å². The molecule has 1 fully saturated rings. The topological polar surface area (TPSA) is 49.6 Å². The van der Waals surface area contributed by atoms with Crippen molar-refractivity contribution in [1.82, 2.24) is 5.01 Å². The maximum absolute atomic E-state index is 11.8. The Morgan fingerprint density at radius 3 is 2.62 bits per heavy atom. The normalized spacial score (nSPS) is 16.3. The maximum Gasteiger partial charge on any atom is 0.243 e. The number of hydrazine groups is 1. The Morgan fingerprint density at radius 1 is 1.31 bits per heavy atom. The SMILES string of the molecule is CC(C)N1C(=O)CCN1c1ccccc1N. The molecule has 1 saturated heterocycles. The molecule has 16 heavy (non-hydrogen) atoms. The van der Waals surface area contributed by atoms with Crippen LogP contribution in [0.2, 0.25) is 0 Å². The molecule has 0 atom stereocenters. The van der Waals surface area contributed by atoms with Crippen LogP contribution in [0.5, 0.6) is 0 Å². The molecule has 1 aliphatic heterocycles. The third-order valence-corrected chi connectivity index (χ3v) is 2.76. The Labute approximate surface area is 95.6 Å². The van der Waals surface area contributed by atoms with E-state index in [9.17, 15) is 4.79 Å². The first kappa shape index (κ1) is 10.8. The number of nitrogens with zero attached hydrogens (tertiary/aromatic N) is 2. The monoisotopic (exact) mass is 219 g/mol. The molecular formula is C12H17N3O. The number of nitrogen functional groups attached to an aromatic ring is 1. The third-order valence-electron chi connectivity index (χ3n) is 2.76. The van der Waals surface area contributed by atoms with E-state index in [0.717, 1.165) is 5.69 Å². The lowest BCUT2D eigenvalue weighted by atomic mass is 10.2. The van der Waals surface area contributed by atoms with Crippen LogP contribution in [-0.4, -0.2) is 23.5 Å². The molecule has 0 bridgehead atoms. The van der Waals surface area contributed by atoms with Crippen molar-refractivity contribution in [2.45, 2.75) is 26.3 Å². The molecular weight excluding hydrogens is 202 g/mol. The van der Waals surface area contributed by atoms with Gasteiger partial charge in [0.25, 0.3) is 0 Å². The van der Waals surface area contributed by atoms with Gasteiger partial charge in [-0.25, -0.2) is 0 Å². The largest absolute Gasteiger partial charge is 0.397 e. The summed E-state index contributed by atoms with van der Waals surface area (Å²) in [6.07, 6.45) is 0.562. The van der Waals surface area contributed by atoms with Gasteiger partial charge in [0.05, 0.1) is 11.4 Å². The number of benzene rings is 1. The van der Waals surface area contributed by atoms with Gasteiger partial charge in [-0.1, -0.05) is 12.1 Å². The number of amides is 1. The number of hydrogen-bond donors (Lipinski definition) is 1. The van der Waals surface area contributed by atoms with Crippen molar-refractivity contribution in [3.05, 3.63) is 24.3 Å². The molecule has 1 heterocycles. The number of para-hydroxylation sites is 2. The molecule has 0 radical (unpaired) electrons. The molecule has 0 aliphatic carbocycles. The van der Waals surface area contributed by atoms with E-state index in [1.54, 1.807) is 5.01 Å². The van der Waals surface area contributed by atoms with Gasteiger partial charge < -0.3 is 5.73 Å². The second-order valence-electron chi connectivity index (χ2n) is 4.26. The maximum atomic E-state index is 11.8. The molecule has 2 N–H and O–H groups in total. The second-order valence-corrected chi connectivity index (χ2v) is 4.26. The summed E-state index contributed by atoms with van der Waals surface area (Å²) in [5.74, 6) is 0.165. The van der Waals surface area contributed by atoms with Crippen molar-refractivity contribution in [3.8, 4) is 0 Å². The van der Waals surface area contributed by atoms with E-state index >= 15 is 0 Å². The number of carbonyl (C=O) groups excluding carboxylic acids is 1. The zero-order valence-electron chi connectivity index (χ0n) is 9.68. The number of carbonyl (C=O) groups is 1. The first-order valence-corrected chi connectivity index (χ1v) is 5.55. The summed E-state index contributed by atoms with van der Waals surface area (Å²) in [6.45, 7) is 4.73. The summed E-state index contributed by atoms with van der Waals surface area (Å²) in [7, 11) is 0. The molecule has 86 valence electrons. The molecule has 1 amide bonds. The smallest absolute Gasteiger partial charge is 0.243 e. The van der Waals surface area contributed by atoms with Crippen molar-refractivity contribution in [2.24, 2.45) is 0 Å². The molecule has 0 unspecified atom stereocenters. The second kappa shape index (κ2) is 4.04. The Bertz CT molecular complexity index is 403. The van der Waals surface area contributed by atoms with Crippen molar-refractivity contribution in [2.75, 3.05) is 17.3 Å². The Morgan fingerprint density at radius 2 is 2.00 bits per heavy atom. The molecule has 4 heteroatoms. The fourth-order valence-electron chi connectivity index (χ4n) is 2.08. The number of rotatable bonds is 2. The predicted octanol–water partition coefficient (Wildman–Crippen LogP) is 1.63. The fraction of sp³-hybridized carbons (Fsp3) is 0.417. The van der Waals surface area contributed by atoms with Crippen LogP contribution in [0, 0.1) is 0 Å². The minimum Gasteiger partial charge on any atom is -0.397 e. The first-order valence-electron chi connectivity index (χ1n) is 5.55. The lowest BCUT2D eigenvalue weighted by molar-refractivity contribution is -0.129. The van der Waals surface area contributed by atoms with Crippen LogP contribution in [0.3, 0.4) is 0 Å². The lowest BCUT2D eigenvalue weighted by Crippen LogP contribution is -2.44. The number of anilines is 2. The average molecular weight is 219 g/mol. The molecule has 1 aromatic rings. The highest BCUT2D eigenvalue weighted by atomic mass is 16.2. The molecule has 0 spiro atoms. The molecule has 1 aliphatic rings. The first-order chi connectivity index (χ1) is 7.61. The van der Waals surface area contributed by atoms with Crippen LogP contribution in [0.25, 0.3) is 0 Å². The lowest BCUT2D eigenvalue weighted by Gasteiger charge is -2.33. The van der Waals surface area contributed by atoms with Gasteiger partial charge >= 0.3 is 0 Å². The van der Waals surface area contributed by atoms with E-state index in [1.807, 2.05) is 43.1 Å². The van der Waals surface area contributed by atoms with Gasteiger partial charge in [0.15, 0.2) is 0 Å². The number of hydrogen-bond acceptors (Lipinski definition) is 3. The minimum atomic E-state index is 0.162. The molecule has 1 aromatic carbocycles. The zero-order chi connectivity index (χ0) is 11.7. The van der Waals surface area contributed by atoms with E-state index in [4.69, 9.17) is 5.73 Å². The summed E-state index contributed by atoms with van der Waals surface area (Å²) in [4.78, 5) is 11.8. The van der Waals surface area contributed by atoms with E-state index in [-0.39, 0.29) is 11.9 Å². The summed E-state index contributed by atoms with van der Waals surface area (Å²) < 4.78 is 0. The highest BCUT2D eigenvalue weighted by Gasteiger charge is 2.31. The van der Waals surface area contributed by atoms with Gasteiger partial charge in [0.1, 0.15) is 0 Å². The van der Waals surface area contributed by atoms with Crippen molar-refractivity contribution in [3.63, 3.8) is 0 Å². The molecule has 0 aromatic heterocycles. The molecule has 0 saturated carbocycles. The van der Waals surface area contributed by atoms with Crippen LogP contribution >= 0.6 is 0 Å². The zero-order valence-corrected chi connectivity index (χ0v) is 9.68. The Kier molecular flexibility index (Phi) is 2.73. The molecule has 2 rings (SSSR count). The van der Waals surface area contributed by atoms with Gasteiger partial charge in [-0.15, -0.1) is 0 Å². The van der Waals surface area contributed by atoms with E-state index in [1.165, 1.54) is 0 Å². The highest BCUT2D eigenvalue weighted by molar-refractivity contribution is 5.84. The van der Waals surface area contributed by atoms with Crippen LogP contribution < -0.4 is 10.7 Å². The van der Waals surface area contributed by atoms with Crippen molar-refractivity contribution < 1.29 is 4.79 Å².